The van der Waals surface area contributed by atoms with Crippen molar-refractivity contribution in [3.05, 3.63) is 430 Å². The van der Waals surface area contributed by atoms with Crippen LogP contribution in [-0.4, -0.2) is 146 Å². The van der Waals surface area contributed by atoms with Gasteiger partial charge >= 0.3 is 0 Å². The number of anilines is 4. The molecule has 16 aromatic rings. The lowest BCUT2D eigenvalue weighted by molar-refractivity contribution is 0.101. The van der Waals surface area contributed by atoms with Gasteiger partial charge in [0.05, 0.1) is 0 Å². The molecular formula is C125H138N16O8. The van der Waals surface area contributed by atoms with Crippen LogP contribution in [0.4, 0.5) is 22.7 Å². The van der Waals surface area contributed by atoms with Crippen molar-refractivity contribution >= 4 is 46.4 Å². The summed E-state index contributed by atoms with van der Waals surface area (Å²) in [4.78, 5) is 63.1. The normalized spacial score (nSPS) is 15.7. The van der Waals surface area contributed by atoms with Crippen LogP contribution >= 0.6 is 0 Å². The Morgan fingerprint density at radius 2 is 0.577 bits per heavy atom. The molecule has 4 aliphatic rings. The number of nitrogens with two attached hydrogens (primary N) is 3. The van der Waals surface area contributed by atoms with Gasteiger partial charge in [0.15, 0.2) is 0 Å². The van der Waals surface area contributed by atoms with Crippen molar-refractivity contribution < 1.29 is 38.1 Å². The van der Waals surface area contributed by atoms with Gasteiger partial charge in [0.25, 0.3) is 23.6 Å². The number of hydrogen-bond donors (Lipinski definition) is 8. The van der Waals surface area contributed by atoms with Crippen molar-refractivity contribution in [3.8, 4) is 68.7 Å². The molecule has 4 amide bonds. The Hall–Kier alpha value is -15.5. The van der Waals surface area contributed by atoms with Gasteiger partial charge in [0.1, 0.15) is 46.0 Å². The number of carbonyl (C=O) groups is 4. The number of carbonyl (C=O) groups excluding carboxylic acids is 4. The molecule has 0 bridgehead atoms. The van der Waals surface area contributed by atoms with Gasteiger partial charge in [-0.3, -0.25) is 38.8 Å². The van der Waals surface area contributed by atoms with Gasteiger partial charge in [-0.25, -0.2) is 0 Å². The number of likely N-dealkylation sites (N-methyl/N-ethyl adjacent to an activating group) is 1. The molecule has 0 aliphatic carbocycles. The number of nitrogens with zero attached hydrogens (tertiary/aromatic N) is 8. The Morgan fingerprint density at radius 1 is 0.302 bits per heavy atom. The first kappa shape index (κ1) is 105. The number of amides is 4. The fourth-order valence-electron chi connectivity index (χ4n) is 19.5. The molecule has 4 fully saturated rings. The molecule has 4 aliphatic heterocycles. The van der Waals surface area contributed by atoms with E-state index < -0.39 is 0 Å². The molecule has 11 N–H and O–H groups in total. The maximum atomic E-state index is 13.4. The summed E-state index contributed by atoms with van der Waals surface area (Å²) in [6, 6.07) is 94.9. The standard InChI is InChI=1S/2C32H36N4O2.C31H34N4O2.C30H32N4O2/c1-23-13-15-36(20-23)29-17-25(21-35-14-7-8-27(22-35)33-3)16-28(19-29)34-32(37)26-12-11-24(2)31(18-26)38-30-9-5-4-6-10-30;1-23-12-14-36(20-23)29-16-26(22-35-13-6-7-25(19-33)21-35)15-28(18-29)34-32(37)27-11-10-24(2)31(17-27)38-30-8-4-3-5-9-30;1-22-10-13-35(19-22)28-15-25(21-34-12-11-24(18-32)20-34)14-27(17-28)33-31(36)26-9-8-23(2)30(16-26)37-29-6-4-3-5-7-29;1-21-10-13-34(18-21)27-15-23(19-33-12-11-25(31)20-33)14-26(17-27)32-30(35)24-9-8-22(2)29(16-24)36-28-6-4-3-5-7-28/h4-6,9-13,15-20,27,33H,7-8,14,21-22H2,1-3H3,(H,34,37);3-5,8-12,14-18,20,25H,6-7,13,19,21-22,33H2,1-2H3,(H,34,37);3-10,13-17,19,24H,11-12,18,20-21,32H2,1-2H3,(H,33,36);3-10,13-18,25H,11-12,19-20,31H2,1-2H3,(H,32,35)/t27-;25-;24-;25-/m0110/s1. The summed E-state index contributed by atoms with van der Waals surface area (Å²) in [5, 5.41) is 15.9. The molecule has 0 unspecified atom stereocenters. The van der Waals surface area contributed by atoms with Crippen LogP contribution in [0.2, 0.25) is 0 Å². The van der Waals surface area contributed by atoms with Gasteiger partial charge in [-0.2, -0.15) is 0 Å². The lowest BCUT2D eigenvalue weighted by Gasteiger charge is -2.32. The third kappa shape index (κ3) is 29.5. The van der Waals surface area contributed by atoms with Crippen LogP contribution < -0.4 is 62.7 Å². The Bertz CT molecular complexity index is 7020. The molecule has 4 aromatic heterocycles. The number of hydrogen-bond acceptors (Lipinski definition) is 16. The second-order valence-electron chi connectivity index (χ2n) is 40.1. The molecule has 4 atom stereocenters. The van der Waals surface area contributed by atoms with Gasteiger partial charge in [-0.1, -0.05) is 97.1 Å². The zero-order valence-corrected chi connectivity index (χ0v) is 86.9. The van der Waals surface area contributed by atoms with E-state index in [0.29, 0.717) is 63.1 Å². The third-order valence-electron chi connectivity index (χ3n) is 27.7. The highest BCUT2D eigenvalue weighted by atomic mass is 16.5. The van der Waals surface area contributed by atoms with Gasteiger partial charge < -0.3 is 81.0 Å². The average molecular weight is 1990 g/mol. The van der Waals surface area contributed by atoms with Crippen molar-refractivity contribution in [1.82, 2.24) is 43.2 Å². The van der Waals surface area contributed by atoms with Crippen LogP contribution in [0.15, 0.2) is 341 Å². The molecule has 0 spiro atoms. The van der Waals surface area contributed by atoms with Crippen LogP contribution in [0, 0.1) is 67.2 Å². The predicted molar refractivity (Wildman–Crippen MR) is 599 cm³/mol. The number of benzene rings is 12. The fraction of sp³-hybridized carbons (Fsp3) is 0.264. The van der Waals surface area contributed by atoms with E-state index in [1.165, 1.54) is 59.1 Å². The molecule has 0 radical (unpaired) electrons. The number of para-hydroxylation sites is 4. The number of rotatable bonds is 31. The van der Waals surface area contributed by atoms with E-state index in [1.54, 1.807) is 18.2 Å². The minimum Gasteiger partial charge on any atom is -0.457 e. The molecule has 12 aromatic carbocycles. The highest BCUT2D eigenvalue weighted by Gasteiger charge is 2.27. The van der Waals surface area contributed by atoms with Gasteiger partial charge in [-0.15, -0.1) is 0 Å². The molecular weight excluding hydrogens is 1850 g/mol. The van der Waals surface area contributed by atoms with Crippen LogP contribution in [0.3, 0.4) is 0 Å². The largest absolute Gasteiger partial charge is 0.457 e. The quantitative estimate of drug-likeness (QED) is 0.0201. The SMILES string of the molecule is CN[C@H]1CCCN(Cc2cc(NC(=O)c3ccc(C)c(Oc4ccccc4)c3)cc(-n3ccc(C)c3)c2)C1.Cc1ccn(-c2cc(CN3CCC[C@H](CN)C3)cc(NC(=O)c3ccc(C)c(Oc4ccccc4)c3)c2)c1.Cc1ccn(-c2cc(CN3CC[C@H](CN)C3)cc(NC(=O)c3ccc(C)c(Oc4ccccc4)c3)c2)c1.Cc1ccn(-c2cc(CN3CC[C@H](N)C3)cc(NC(=O)c3ccc(C)c(Oc4ccccc4)c3)c2)c1. The molecule has 766 valence electrons. The highest BCUT2D eigenvalue weighted by molar-refractivity contribution is 6.07. The highest BCUT2D eigenvalue weighted by Crippen LogP contribution is 2.36. The summed E-state index contributed by atoms with van der Waals surface area (Å²) in [6.45, 7) is 29.1. The Kier molecular flexibility index (Phi) is 35.4. The van der Waals surface area contributed by atoms with Crippen molar-refractivity contribution in [2.75, 3.05) is 93.8 Å². The fourth-order valence-corrected chi connectivity index (χ4v) is 19.5. The van der Waals surface area contributed by atoms with E-state index in [2.05, 4.69) is 202 Å². The maximum absolute atomic E-state index is 13.4. The molecule has 149 heavy (non-hydrogen) atoms. The predicted octanol–water partition coefficient (Wildman–Crippen LogP) is 24.2. The second-order valence-corrected chi connectivity index (χ2v) is 40.1. The third-order valence-corrected chi connectivity index (χ3v) is 27.7. The number of nitrogens with one attached hydrogen (secondary N) is 5. The van der Waals surface area contributed by atoms with E-state index in [1.807, 2.05) is 247 Å². The van der Waals surface area contributed by atoms with Gasteiger partial charge in [-0.05, 0) is 406 Å². The number of aromatic nitrogens is 4. The lowest BCUT2D eigenvalue weighted by Crippen LogP contribution is -2.43. The summed E-state index contributed by atoms with van der Waals surface area (Å²) in [7, 11) is 2.04. The number of ether oxygens (including phenoxy) is 4. The van der Waals surface area contributed by atoms with Crippen molar-refractivity contribution in [3.63, 3.8) is 0 Å². The number of piperidine rings is 2. The van der Waals surface area contributed by atoms with Crippen molar-refractivity contribution in [2.24, 2.45) is 29.0 Å². The van der Waals surface area contributed by atoms with Crippen LogP contribution in [0.5, 0.6) is 46.0 Å². The minimum absolute atomic E-state index is 0.164. The smallest absolute Gasteiger partial charge is 0.255 e. The average Bonchev–Trinajstić information content (AvgIpc) is 1.47. The zero-order valence-electron chi connectivity index (χ0n) is 86.9. The monoisotopic (exact) mass is 1990 g/mol. The molecule has 20 rings (SSSR count). The molecule has 24 heteroatoms. The van der Waals surface area contributed by atoms with E-state index in [0.717, 1.165) is 206 Å². The first-order chi connectivity index (χ1) is 72.3. The van der Waals surface area contributed by atoms with E-state index in [4.69, 9.17) is 36.1 Å². The van der Waals surface area contributed by atoms with E-state index in [-0.39, 0.29) is 29.7 Å². The van der Waals surface area contributed by atoms with Crippen molar-refractivity contribution in [2.45, 2.75) is 132 Å². The Balaban J connectivity index is 0.000000135. The zero-order chi connectivity index (χ0) is 104. The first-order valence-corrected chi connectivity index (χ1v) is 51.8. The topological polar surface area (TPSA) is 276 Å². The summed E-state index contributed by atoms with van der Waals surface area (Å²) in [5.74, 6) is 6.04. The number of likely N-dealkylation sites (tertiary alicyclic amines) is 4. The molecule has 0 saturated carbocycles. The van der Waals surface area contributed by atoms with Crippen LogP contribution in [-0.2, 0) is 26.2 Å². The lowest BCUT2D eigenvalue weighted by atomic mass is 9.98. The van der Waals surface area contributed by atoms with Crippen molar-refractivity contribution in [1.29, 1.82) is 0 Å². The molecule has 8 heterocycles. The minimum atomic E-state index is -0.178. The summed E-state index contributed by atoms with van der Waals surface area (Å²) < 4.78 is 32.6. The molecule has 4 saturated heterocycles. The van der Waals surface area contributed by atoms with Gasteiger partial charge in [0.2, 0.25) is 0 Å². The van der Waals surface area contributed by atoms with Gasteiger partial charge in [0, 0.05) is 188 Å². The van der Waals surface area contributed by atoms with E-state index >= 15 is 0 Å². The second kappa shape index (κ2) is 50.3. The van der Waals surface area contributed by atoms with Crippen LogP contribution in [0.25, 0.3) is 22.7 Å². The first-order valence-electron chi connectivity index (χ1n) is 51.8. The summed E-state index contributed by atoms with van der Waals surface area (Å²) in [6.07, 6.45) is 23.5. The summed E-state index contributed by atoms with van der Waals surface area (Å²) >= 11 is 0. The number of aryl methyl sites for hydroxylation is 8. The summed E-state index contributed by atoms with van der Waals surface area (Å²) in [5.41, 5.74) is 40.6. The Morgan fingerprint density at radius 3 is 0.846 bits per heavy atom. The maximum Gasteiger partial charge on any atom is 0.255 e. The Labute approximate surface area is 875 Å². The van der Waals surface area contributed by atoms with E-state index in [9.17, 15) is 19.2 Å². The van der Waals surface area contributed by atoms with Crippen LogP contribution in [0.1, 0.15) is 147 Å². The molecule has 24 nitrogen and oxygen atoms in total.